The number of unbranched alkanes of at least 4 members (excludes halogenated alkanes) is 58. The van der Waals surface area contributed by atoms with Crippen molar-refractivity contribution < 1.29 is 24.5 Å². The van der Waals surface area contributed by atoms with Crippen molar-refractivity contribution in [1.82, 2.24) is 5.32 Å². The minimum atomic E-state index is -0.665. The molecule has 1 amide bonds. The molecule has 0 saturated heterocycles. The van der Waals surface area contributed by atoms with E-state index in [2.05, 4.69) is 19.2 Å². The van der Waals surface area contributed by atoms with E-state index in [0.717, 1.165) is 38.5 Å². The Hall–Kier alpha value is -1.14. The van der Waals surface area contributed by atoms with Gasteiger partial charge >= 0.3 is 5.97 Å². The number of esters is 1. The molecule has 0 aliphatic carbocycles. The highest BCUT2D eigenvalue weighted by atomic mass is 16.5. The summed E-state index contributed by atoms with van der Waals surface area (Å²) in [7, 11) is 0. The lowest BCUT2D eigenvalue weighted by atomic mass is 10.0. The first-order chi connectivity index (χ1) is 38.5. The first-order valence-electron chi connectivity index (χ1n) is 36.3. The van der Waals surface area contributed by atoms with Gasteiger partial charge in [-0.05, 0) is 25.7 Å². The molecule has 2 unspecified atom stereocenters. The number of amides is 1. The number of rotatable bonds is 69. The third-order valence-corrected chi connectivity index (χ3v) is 17.4. The lowest BCUT2D eigenvalue weighted by molar-refractivity contribution is -0.143. The fourth-order valence-corrected chi connectivity index (χ4v) is 11.9. The Labute approximate surface area is 489 Å². The quantitative estimate of drug-likeness (QED) is 0.0417. The Morgan fingerprint density at radius 2 is 0.526 bits per heavy atom. The SMILES string of the molecule is CCCCCCCCCCCCCCCCCCCCCCCCCC(O)C(CO)NC(=O)CCCCCCCCCCCCCCCCCCCCCCCCOC(=O)CCCCCCCCCCCCCCCCCC. The maximum Gasteiger partial charge on any atom is 0.305 e. The van der Waals surface area contributed by atoms with E-state index in [1.165, 1.54) is 353 Å². The first-order valence-corrected chi connectivity index (χ1v) is 36.3. The van der Waals surface area contributed by atoms with Crippen LogP contribution in [0.1, 0.15) is 425 Å². The van der Waals surface area contributed by atoms with Crippen LogP contribution >= 0.6 is 0 Å². The summed E-state index contributed by atoms with van der Waals surface area (Å²) in [4.78, 5) is 24.7. The number of nitrogens with one attached hydrogen (secondary N) is 1. The van der Waals surface area contributed by atoms with Crippen LogP contribution in [0, 0.1) is 0 Å². The Kier molecular flexibility index (Phi) is 67.4. The maximum absolute atomic E-state index is 12.6. The van der Waals surface area contributed by atoms with E-state index in [0.29, 0.717) is 25.9 Å². The van der Waals surface area contributed by atoms with E-state index in [9.17, 15) is 19.8 Å². The number of ether oxygens (including phenoxy) is 1. The van der Waals surface area contributed by atoms with Crippen LogP contribution in [0.15, 0.2) is 0 Å². The van der Waals surface area contributed by atoms with E-state index in [-0.39, 0.29) is 18.5 Å². The fraction of sp³-hybridized carbons (Fsp3) is 0.972. The molecule has 0 heterocycles. The van der Waals surface area contributed by atoms with Crippen molar-refractivity contribution in [3.63, 3.8) is 0 Å². The van der Waals surface area contributed by atoms with Gasteiger partial charge in [-0.25, -0.2) is 0 Å². The number of aliphatic hydroxyl groups is 2. The van der Waals surface area contributed by atoms with E-state index in [4.69, 9.17) is 4.74 Å². The van der Waals surface area contributed by atoms with Gasteiger partial charge in [0, 0.05) is 12.8 Å². The van der Waals surface area contributed by atoms with E-state index in [1.807, 2.05) is 0 Å². The van der Waals surface area contributed by atoms with E-state index < -0.39 is 12.1 Å². The van der Waals surface area contributed by atoms with Crippen molar-refractivity contribution in [3.05, 3.63) is 0 Å². The predicted molar refractivity (Wildman–Crippen MR) is 343 cm³/mol. The van der Waals surface area contributed by atoms with Crippen LogP contribution in [0.5, 0.6) is 0 Å². The minimum absolute atomic E-state index is 0.0185. The molecule has 466 valence electrons. The van der Waals surface area contributed by atoms with Gasteiger partial charge in [0.05, 0.1) is 25.4 Å². The van der Waals surface area contributed by atoms with Gasteiger partial charge in [0.25, 0.3) is 0 Å². The monoisotopic (exact) mass is 1100 g/mol. The Morgan fingerprint density at radius 1 is 0.308 bits per heavy atom. The Balaban J connectivity index is 3.36. The summed E-state index contributed by atoms with van der Waals surface area (Å²) in [6.07, 6.45) is 82.9. The molecule has 0 fully saturated rings. The van der Waals surface area contributed by atoms with Crippen LogP contribution in [-0.2, 0) is 14.3 Å². The average molecular weight is 1100 g/mol. The standard InChI is InChI=1S/C72H143NO5/c1-3-5-7-9-11-13-15-17-19-21-22-23-24-27-30-33-36-40-44-48-52-56-60-64-70(75)69(68-74)73-71(76)65-61-57-53-49-45-41-37-34-31-28-25-26-29-32-35-39-43-47-51-55-59-63-67-78-72(77)66-62-58-54-50-46-42-38-20-18-16-14-12-10-8-6-4-2/h69-70,74-75H,3-68H2,1-2H3,(H,73,76). The van der Waals surface area contributed by atoms with E-state index >= 15 is 0 Å². The van der Waals surface area contributed by atoms with Crippen LogP contribution in [0.3, 0.4) is 0 Å². The topological polar surface area (TPSA) is 95.9 Å². The van der Waals surface area contributed by atoms with Gasteiger partial charge in [-0.15, -0.1) is 0 Å². The van der Waals surface area contributed by atoms with Crippen LogP contribution < -0.4 is 5.32 Å². The average Bonchev–Trinajstić information content (AvgIpc) is 3.44. The molecule has 0 aliphatic rings. The summed E-state index contributed by atoms with van der Waals surface area (Å²) in [5.41, 5.74) is 0. The number of carbonyl (C=O) groups is 2. The third-order valence-electron chi connectivity index (χ3n) is 17.4. The smallest absolute Gasteiger partial charge is 0.305 e. The van der Waals surface area contributed by atoms with Crippen LogP contribution in [0.25, 0.3) is 0 Å². The van der Waals surface area contributed by atoms with Gasteiger partial charge in [-0.2, -0.15) is 0 Å². The summed E-state index contributed by atoms with van der Waals surface area (Å²) >= 11 is 0. The molecule has 3 N–H and O–H groups in total. The largest absolute Gasteiger partial charge is 0.466 e. The lowest BCUT2D eigenvalue weighted by Crippen LogP contribution is -2.45. The number of hydrogen-bond donors (Lipinski definition) is 3. The highest BCUT2D eigenvalue weighted by Crippen LogP contribution is 2.20. The van der Waals surface area contributed by atoms with Gasteiger partial charge in [0.1, 0.15) is 0 Å². The summed E-state index contributed by atoms with van der Waals surface area (Å²) in [5, 5.41) is 23.4. The molecule has 0 rings (SSSR count). The van der Waals surface area contributed by atoms with Gasteiger partial charge in [-0.1, -0.05) is 386 Å². The number of carbonyl (C=O) groups excluding carboxylic acids is 2. The second-order valence-electron chi connectivity index (χ2n) is 25.3. The zero-order chi connectivity index (χ0) is 56.4. The van der Waals surface area contributed by atoms with Gasteiger partial charge in [-0.3, -0.25) is 9.59 Å². The summed E-state index contributed by atoms with van der Waals surface area (Å²) in [5.74, 6) is -0.0107. The zero-order valence-electron chi connectivity index (χ0n) is 53.4. The molecule has 6 nitrogen and oxygen atoms in total. The molecule has 2 atom stereocenters. The van der Waals surface area contributed by atoms with Gasteiger partial charge < -0.3 is 20.3 Å². The molecule has 0 aromatic carbocycles. The lowest BCUT2D eigenvalue weighted by Gasteiger charge is -2.22. The highest BCUT2D eigenvalue weighted by molar-refractivity contribution is 5.76. The normalized spacial score (nSPS) is 12.4. The van der Waals surface area contributed by atoms with Gasteiger partial charge in [0.15, 0.2) is 0 Å². The van der Waals surface area contributed by atoms with Crippen LogP contribution in [-0.4, -0.2) is 47.4 Å². The second-order valence-corrected chi connectivity index (χ2v) is 25.3. The van der Waals surface area contributed by atoms with Crippen molar-refractivity contribution in [3.8, 4) is 0 Å². The molecule has 0 aromatic rings. The molecule has 0 bridgehead atoms. The molecule has 0 saturated carbocycles. The van der Waals surface area contributed by atoms with Crippen molar-refractivity contribution in [2.75, 3.05) is 13.2 Å². The highest BCUT2D eigenvalue weighted by Gasteiger charge is 2.20. The van der Waals surface area contributed by atoms with Crippen LogP contribution in [0.4, 0.5) is 0 Å². The summed E-state index contributed by atoms with van der Waals surface area (Å²) in [6.45, 7) is 5.01. The Bertz CT molecular complexity index is 1130. The summed E-state index contributed by atoms with van der Waals surface area (Å²) < 4.78 is 5.50. The third kappa shape index (κ3) is 64.0. The molecule has 0 radical (unpaired) electrons. The minimum Gasteiger partial charge on any atom is -0.466 e. The summed E-state index contributed by atoms with van der Waals surface area (Å²) in [6, 6.07) is -0.542. The Morgan fingerprint density at radius 3 is 0.782 bits per heavy atom. The molecular weight excluding hydrogens is 959 g/mol. The van der Waals surface area contributed by atoms with E-state index in [1.54, 1.807) is 0 Å². The molecule has 0 aromatic heterocycles. The van der Waals surface area contributed by atoms with Crippen molar-refractivity contribution in [2.24, 2.45) is 0 Å². The fourth-order valence-electron chi connectivity index (χ4n) is 11.9. The van der Waals surface area contributed by atoms with Gasteiger partial charge in [0.2, 0.25) is 5.91 Å². The maximum atomic E-state index is 12.6. The van der Waals surface area contributed by atoms with Crippen molar-refractivity contribution in [2.45, 2.75) is 437 Å². The molecule has 78 heavy (non-hydrogen) atoms. The first kappa shape index (κ1) is 76.9. The van der Waals surface area contributed by atoms with Crippen LogP contribution in [0.2, 0.25) is 0 Å². The number of hydrogen-bond acceptors (Lipinski definition) is 5. The molecule has 0 spiro atoms. The number of aliphatic hydroxyl groups excluding tert-OH is 2. The molecule has 0 aliphatic heterocycles. The van der Waals surface area contributed by atoms with Crippen molar-refractivity contribution >= 4 is 11.9 Å². The second kappa shape index (κ2) is 68.4. The van der Waals surface area contributed by atoms with Crippen molar-refractivity contribution in [1.29, 1.82) is 0 Å². The molecular formula is C72H143NO5. The predicted octanol–water partition coefficient (Wildman–Crippen LogP) is 23.4. The molecule has 6 heteroatoms. The zero-order valence-corrected chi connectivity index (χ0v) is 53.4.